The van der Waals surface area contributed by atoms with Gasteiger partial charge < -0.3 is 5.11 Å². The largest absolute Gasteiger partial charge is 0.389 e. The smallest absolute Gasteiger partial charge is 0.134 e. The zero-order chi connectivity index (χ0) is 14.5. The monoisotopic (exact) mass is 270 g/mol. The lowest BCUT2D eigenvalue weighted by atomic mass is 9.55. The minimum Gasteiger partial charge on any atom is -0.389 e. The standard InChI is InChI=1S/C18H22O2/c1-17(2)10-13(19)11-18(3)14(9-15(20)16(17)18)12-7-5-4-6-8-12/h4-9,15-16,20H,10-11H2,1-3H3/t15-,16-,18-/m0/s1. The summed E-state index contributed by atoms with van der Waals surface area (Å²) in [4.78, 5) is 12.2. The van der Waals surface area contributed by atoms with E-state index in [1.807, 2.05) is 24.3 Å². The molecule has 0 aromatic heterocycles. The van der Waals surface area contributed by atoms with E-state index in [-0.39, 0.29) is 16.7 Å². The fraction of sp³-hybridized carbons (Fsp3) is 0.500. The second-order valence-corrected chi connectivity index (χ2v) is 7.21. The summed E-state index contributed by atoms with van der Waals surface area (Å²) >= 11 is 0. The molecule has 1 fully saturated rings. The average Bonchev–Trinajstić information content (AvgIpc) is 2.61. The van der Waals surface area contributed by atoms with Crippen molar-refractivity contribution >= 4 is 11.4 Å². The van der Waals surface area contributed by atoms with Crippen molar-refractivity contribution in [3.8, 4) is 0 Å². The van der Waals surface area contributed by atoms with E-state index >= 15 is 0 Å². The molecule has 20 heavy (non-hydrogen) atoms. The van der Waals surface area contributed by atoms with Crippen molar-refractivity contribution < 1.29 is 9.90 Å². The van der Waals surface area contributed by atoms with Crippen LogP contribution in [0.2, 0.25) is 0 Å². The molecule has 0 spiro atoms. The Labute approximate surface area is 120 Å². The molecule has 3 atom stereocenters. The molecule has 0 bridgehead atoms. The molecule has 0 saturated heterocycles. The van der Waals surface area contributed by atoms with Crippen molar-refractivity contribution in [3.63, 3.8) is 0 Å². The van der Waals surface area contributed by atoms with Gasteiger partial charge in [-0.2, -0.15) is 0 Å². The van der Waals surface area contributed by atoms with Crippen molar-refractivity contribution in [1.29, 1.82) is 0 Å². The molecule has 0 heterocycles. The van der Waals surface area contributed by atoms with Crippen LogP contribution in [0.1, 0.15) is 39.2 Å². The molecule has 1 aromatic rings. The first-order valence-electron chi connectivity index (χ1n) is 7.32. The summed E-state index contributed by atoms with van der Waals surface area (Å²) < 4.78 is 0. The van der Waals surface area contributed by atoms with Gasteiger partial charge in [-0.1, -0.05) is 57.2 Å². The first-order chi connectivity index (χ1) is 9.34. The Bertz CT molecular complexity index is 570. The number of benzene rings is 1. The van der Waals surface area contributed by atoms with Crippen molar-refractivity contribution in [2.24, 2.45) is 16.7 Å². The molecule has 106 valence electrons. The zero-order valence-corrected chi connectivity index (χ0v) is 12.4. The topological polar surface area (TPSA) is 37.3 Å². The molecule has 0 aliphatic heterocycles. The van der Waals surface area contributed by atoms with Crippen molar-refractivity contribution in [2.75, 3.05) is 0 Å². The molecule has 2 heteroatoms. The highest BCUT2D eigenvalue weighted by Gasteiger charge is 2.57. The lowest BCUT2D eigenvalue weighted by Gasteiger charge is -2.49. The van der Waals surface area contributed by atoms with E-state index in [9.17, 15) is 9.90 Å². The molecule has 3 rings (SSSR count). The van der Waals surface area contributed by atoms with E-state index < -0.39 is 6.10 Å². The predicted octanol–water partition coefficient (Wildman–Crippen LogP) is 3.46. The number of carbonyl (C=O) groups excluding carboxylic acids is 1. The Hall–Kier alpha value is -1.41. The number of ketones is 1. The van der Waals surface area contributed by atoms with Crippen LogP contribution < -0.4 is 0 Å². The predicted molar refractivity (Wildman–Crippen MR) is 80.0 cm³/mol. The number of hydrogen-bond acceptors (Lipinski definition) is 2. The molecular formula is C18H22O2. The van der Waals surface area contributed by atoms with E-state index in [0.717, 1.165) is 11.1 Å². The Morgan fingerprint density at radius 2 is 1.75 bits per heavy atom. The van der Waals surface area contributed by atoms with Gasteiger partial charge in [0.15, 0.2) is 0 Å². The van der Waals surface area contributed by atoms with Gasteiger partial charge >= 0.3 is 0 Å². The van der Waals surface area contributed by atoms with Crippen molar-refractivity contribution in [1.82, 2.24) is 0 Å². The van der Waals surface area contributed by atoms with Gasteiger partial charge in [0, 0.05) is 24.2 Å². The second-order valence-electron chi connectivity index (χ2n) is 7.21. The average molecular weight is 270 g/mol. The summed E-state index contributed by atoms with van der Waals surface area (Å²) in [6, 6.07) is 10.1. The number of Topliss-reactive ketones (excluding diaryl/α,β-unsaturated/α-hetero) is 1. The number of hydrogen-bond donors (Lipinski definition) is 1. The van der Waals surface area contributed by atoms with Crippen LogP contribution in [-0.2, 0) is 4.79 Å². The molecule has 0 amide bonds. The summed E-state index contributed by atoms with van der Waals surface area (Å²) in [5.74, 6) is 0.424. The highest BCUT2D eigenvalue weighted by Crippen LogP contribution is 2.60. The number of rotatable bonds is 1. The van der Waals surface area contributed by atoms with Crippen LogP contribution in [-0.4, -0.2) is 17.0 Å². The number of aliphatic hydroxyl groups excluding tert-OH is 1. The SMILES string of the molecule is CC1(C)CC(=O)C[C@@]2(C)C(c3ccccc3)=C[C@H](O)[C@@H]12. The highest BCUT2D eigenvalue weighted by molar-refractivity contribution is 5.87. The Kier molecular flexibility index (Phi) is 2.91. The van der Waals surface area contributed by atoms with E-state index in [1.54, 1.807) is 0 Å². The third-order valence-corrected chi connectivity index (χ3v) is 5.12. The zero-order valence-electron chi connectivity index (χ0n) is 12.4. The Morgan fingerprint density at radius 3 is 2.40 bits per heavy atom. The highest BCUT2D eigenvalue weighted by atomic mass is 16.3. The lowest BCUT2D eigenvalue weighted by Crippen LogP contribution is -2.47. The van der Waals surface area contributed by atoms with E-state index in [2.05, 4.69) is 32.9 Å². The summed E-state index contributed by atoms with van der Waals surface area (Å²) in [5, 5.41) is 10.6. The van der Waals surface area contributed by atoms with Gasteiger partial charge in [-0.25, -0.2) is 0 Å². The van der Waals surface area contributed by atoms with Gasteiger partial charge in [0.05, 0.1) is 6.10 Å². The minimum absolute atomic E-state index is 0.114. The molecule has 1 saturated carbocycles. The third-order valence-electron chi connectivity index (χ3n) is 5.12. The van der Waals surface area contributed by atoms with E-state index in [4.69, 9.17) is 0 Å². The number of fused-ring (bicyclic) bond motifs is 1. The van der Waals surface area contributed by atoms with Gasteiger partial charge in [0.1, 0.15) is 5.78 Å². The maximum absolute atomic E-state index is 12.2. The number of allylic oxidation sites excluding steroid dienone is 1. The molecule has 0 unspecified atom stereocenters. The van der Waals surface area contributed by atoms with Gasteiger partial charge in [-0.15, -0.1) is 0 Å². The minimum atomic E-state index is -0.460. The Balaban J connectivity index is 2.10. The van der Waals surface area contributed by atoms with Gasteiger partial charge in [0.25, 0.3) is 0 Å². The van der Waals surface area contributed by atoms with Crippen LogP contribution in [0.25, 0.3) is 5.57 Å². The first-order valence-corrected chi connectivity index (χ1v) is 7.32. The van der Waals surface area contributed by atoms with Crippen LogP contribution in [0.15, 0.2) is 36.4 Å². The van der Waals surface area contributed by atoms with Crippen molar-refractivity contribution in [3.05, 3.63) is 42.0 Å². The quantitative estimate of drug-likeness (QED) is 0.848. The van der Waals surface area contributed by atoms with Gasteiger partial charge in [-0.3, -0.25) is 4.79 Å². The van der Waals surface area contributed by atoms with Crippen LogP contribution in [0.5, 0.6) is 0 Å². The van der Waals surface area contributed by atoms with Gasteiger partial charge in [0.2, 0.25) is 0 Å². The van der Waals surface area contributed by atoms with Crippen molar-refractivity contribution in [2.45, 2.75) is 39.7 Å². The molecular weight excluding hydrogens is 248 g/mol. The molecule has 2 aliphatic carbocycles. The molecule has 2 aliphatic rings. The van der Waals surface area contributed by atoms with Gasteiger partial charge in [-0.05, 0) is 16.6 Å². The van der Waals surface area contributed by atoms with Crippen LogP contribution in [0.4, 0.5) is 0 Å². The van der Waals surface area contributed by atoms with Crippen LogP contribution >= 0.6 is 0 Å². The number of carbonyl (C=O) groups is 1. The molecule has 0 radical (unpaired) electrons. The molecule has 2 nitrogen and oxygen atoms in total. The van der Waals surface area contributed by atoms with E-state index in [0.29, 0.717) is 18.6 Å². The Morgan fingerprint density at radius 1 is 1.10 bits per heavy atom. The summed E-state index contributed by atoms with van der Waals surface area (Å²) in [6.45, 7) is 6.36. The summed E-state index contributed by atoms with van der Waals surface area (Å²) in [7, 11) is 0. The fourth-order valence-electron chi connectivity index (χ4n) is 4.67. The van der Waals surface area contributed by atoms with Crippen LogP contribution in [0, 0.1) is 16.7 Å². The van der Waals surface area contributed by atoms with E-state index in [1.165, 1.54) is 0 Å². The normalized spacial score (nSPS) is 35.6. The number of aliphatic hydroxyl groups is 1. The maximum Gasteiger partial charge on any atom is 0.134 e. The summed E-state index contributed by atoms with van der Waals surface area (Å²) in [5.41, 5.74) is 1.86. The maximum atomic E-state index is 12.2. The molecule has 1 aromatic carbocycles. The molecule has 1 N–H and O–H groups in total. The van der Waals surface area contributed by atoms with Crippen LogP contribution in [0.3, 0.4) is 0 Å². The third kappa shape index (κ3) is 1.86. The fourth-order valence-corrected chi connectivity index (χ4v) is 4.67. The lowest BCUT2D eigenvalue weighted by molar-refractivity contribution is -0.132. The first kappa shape index (κ1) is 13.6. The second kappa shape index (κ2) is 4.29. The summed E-state index contributed by atoms with van der Waals surface area (Å²) in [6.07, 6.45) is 2.62.